The molecule has 0 atom stereocenters. The molecule has 11 aromatic rings. The molecule has 70 heavy (non-hydrogen) atoms. The molecule has 0 aliphatic heterocycles. The second kappa shape index (κ2) is 19.6. The molecule has 0 aliphatic carbocycles. The summed E-state index contributed by atoms with van der Waals surface area (Å²) in [6, 6.07) is 88.2. The molecular weight excluding hydrogens is 859 g/mol. The summed E-state index contributed by atoms with van der Waals surface area (Å²) in [6.45, 7) is 0. The van der Waals surface area contributed by atoms with Crippen LogP contribution in [0, 0.1) is 11.6 Å². The lowest BCUT2D eigenvalue weighted by atomic mass is 9.94. The van der Waals surface area contributed by atoms with Gasteiger partial charge in [-0.15, -0.1) is 0 Å². The van der Waals surface area contributed by atoms with Gasteiger partial charge in [-0.1, -0.05) is 212 Å². The number of anilines is 6. The van der Waals surface area contributed by atoms with Crippen LogP contribution < -0.4 is 9.80 Å². The van der Waals surface area contributed by atoms with Crippen LogP contribution in [0.1, 0.15) is 11.1 Å². The number of hydrogen-bond acceptors (Lipinski definition) is 2. The third-order valence-corrected chi connectivity index (χ3v) is 12.8. The van der Waals surface area contributed by atoms with Crippen molar-refractivity contribution in [1.82, 2.24) is 0 Å². The van der Waals surface area contributed by atoms with E-state index in [9.17, 15) is 0 Å². The van der Waals surface area contributed by atoms with Gasteiger partial charge in [-0.25, -0.2) is 8.78 Å². The van der Waals surface area contributed by atoms with Crippen LogP contribution in [0.2, 0.25) is 0 Å². The number of rotatable bonds is 12. The first-order valence-corrected chi connectivity index (χ1v) is 23.5. The van der Waals surface area contributed by atoms with E-state index >= 15 is 8.78 Å². The van der Waals surface area contributed by atoms with Crippen molar-refractivity contribution in [2.45, 2.75) is 0 Å². The minimum absolute atomic E-state index is 0.322. The molecule has 0 saturated heterocycles. The average molecular weight is 905 g/mol. The summed E-state index contributed by atoms with van der Waals surface area (Å²) in [5.74, 6) is -0.646. The topological polar surface area (TPSA) is 6.48 Å². The fraction of sp³-hybridized carbons (Fsp3) is 0. The molecule has 0 fully saturated rings. The first-order chi connectivity index (χ1) is 34.6. The molecule has 0 aromatic heterocycles. The largest absolute Gasteiger partial charge is 0.307 e. The summed E-state index contributed by atoms with van der Waals surface area (Å²) in [5.41, 5.74) is 13.2. The summed E-state index contributed by atoms with van der Waals surface area (Å²) >= 11 is 0. The van der Waals surface area contributed by atoms with Crippen molar-refractivity contribution in [1.29, 1.82) is 0 Å². The van der Waals surface area contributed by atoms with Crippen LogP contribution in [0.3, 0.4) is 0 Å². The van der Waals surface area contributed by atoms with Gasteiger partial charge in [0, 0.05) is 33.6 Å². The Balaban J connectivity index is 0.986. The summed E-state index contributed by atoms with van der Waals surface area (Å²) in [5, 5.41) is 2.00. The van der Waals surface area contributed by atoms with Gasteiger partial charge < -0.3 is 9.80 Å². The fourth-order valence-electron chi connectivity index (χ4n) is 9.44. The van der Waals surface area contributed by atoms with E-state index in [4.69, 9.17) is 0 Å². The van der Waals surface area contributed by atoms with Gasteiger partial charge in [-0.05, 0) is 117 Å². The van der Waals surface area contributed by atoms with Crippen molar-refractivity contribution in [2.75, 3.05) is 9.80 Å². The minimum atomic E-state index is -0.324. The number of benzene rings is 11. The van der Waals surface area contributed by atoms with Crippen molar-refractivity contribution in [3.05, 3.63) is 290 Å². The second-order valence-corrected chi connectivity index (χ2v) is 17.2. The minimum Gasteiger partial charge on any atom is -0.307 e. The Hall–Kier alpha value is -9.12. The van der Waals surface area contributed by atoms with Crippen LogP contribution in [0.4, 0.5) is 42.9 Å². The van der Waals surface area contributed by atoms with E-state index in [1.807, 2.05) is 211 Å². The number of hydrogen-bond donors (Lipinski definition) is 0. The van der Waals surface area contributed by atoms with E-state index in [1.165, 1.54) is 0 Å². The Morgan fingerprint density at radius 1 is 0.286 bits per heavy atom. The highest BCUT2D eigenvalue weighted by Gasteiger charge is 2.26. The highest BCUT2D eigenvalue weighted by molar-refractivity contribution is 6.05. The zero-order valence-electron chi connectivity index (χ0n) is 38.2. The first kappa shape index (κ1) is 43.5. The van der Waals surface area contributed by atoms with Gasteiger partial charge in [-0.2, -0.15) is 0 Å². The Morgan fingerprint density at radius 2 is 0.671 bits per heavy atom. The van der Waals surface area contributed by atoms with E-state index in [0.717, 1.165) is 89.2 Å². The van der Waals surface area contributed by atoms with Crippen molar-refractivity contribution in [2.24, 2.45) is 0 Å². The van der Waals surface area contributed by atoms with Gasteiger partial charge >= 0.3 is 0 Å². The van der Waals surface area contributed by atoms with E-state index in [-0.39, 0.29) is 11.6 Å². The summed E-state index contributed by atoms with van der Waals surface area (Å²) < 4.78 is 34.3. The zero-order valence-corrected chi connectivity index (χ0v) is 38.2. The van der Waals surface area contributed by atoms with Crippen LogP contribution in [0.5, 0.6) is 0 Å². The van der Waals surface area contributed by atoms with Gasteiger partial charge in [0.2, 0.25) is 0 Å². The van der Waals surface area contributed by atoms with Gasteiger partial charge in [-0.3, -0.25) is 0 Å². The summed E-state index contributed by atoms with van der Waals surface area (Å²) in [6.07, 6.45) is 4.23. The Kier molecular flexibility index (Phi) is 12.2. The first-order valence-electron chi connectivity index (χ1n) is 23.5. The van der Waals surface area contributed by atoms with Gasteiger partial charge in [0.05, 0.1) is 17.1 Å². The van der Waals surface area contributed by atoms with Crippen LogP contribution in [0.15, 0.2) is 267 Å². The molecule has 0 N–H and O–H groups in total. The van der Waals surface area contributed by atoms with Crippen LogP contribution >= 0.6 is 0 Å². The summed E-state index contributed by atoms with van der Waals surface area (Å²) in [7, 11) is 0. The molecule has 0 unspecified atom stereocenters. The highest BCUT2D eigenvalue weighted by atomic mass is 19.1. The molecule has 0 amide bonds. The standard InChI is InChI=1S/C66H46F2N2/c67-62-45-53(48-21-7-1-8-22-48)43-60(50-25-11-3-12-26-50)65(62)69(55-29-15-5-16-30-55)57-40-36-47(37-41-57)35-38-52-39-42-64(59-34-20-19-33-58(52)59)70(56-31-17-6-18-32-56)66-61(51-27-13-4-14-28-51)44-54(46-63(66)68)49-23-9-2-10-24-49/h1-46H. The maximum absolute atomic E-state index is 17.3. The third kappa shape index (κ3) is 8.78. The molecule has 4 heteroatoms. The lowest BCUT2D eigenvalue weighted by Crippen LogP contribution is -2.14. The van der Waals surface area contributed by atoms with Crippen LogP contribution in [-0.2, 0) is 0 Å². The van der Waals surface area contributed by atoms with Crippen molar-refractivity contribution < 1.29 is 8.78 Å². The molecule has 0 radical (unpaired) electrons. The zero-order chi connectivity index (χ0) is 47.2. The molecule has 0 spiro atoms. The lowest BCUT2D eigenvalue weighted by molar-refractivity contribution is 0.629. The second-order valence-electron chi connectivity index (χ2n) is 17.2. The predicted octanol–water partition coefficient (Wildman–Crippen LogP) is 18.9. The van der Waals surface area contributed by atoms with Crippen molar-refractivity contribution in [3.63, 3.8) is 0 Å². The molecule has 2 nitrogen and oxygen atoms in total. The van der Waals surface area contributed by atoms with Crippen LogP contribution in [0.25, 0.3) is 67.4 Å². The molecule has 0 bridgehead atoms. The van der Waals surface area contributed by atoms with Crippen LogP contribution in [-0.4, -0.2) is 0 Å². The maximum Gasteiger partial charge on any atom is 0.148 e. The van der Waals surface area contributed by atoms with E-state index < -0.39 is 0 Å². The quantitative estimate of drug-likeness (QED) is 0.113. The van der Waals surface area contributed by atoms with E-state index in [2.05, 4.69) is 65.6 Å². The molecule has 0 heterocycles. The van der Waals surface area contributed by atoms with Crippen molar-refractivity contribution in [3.8, 4) is 44.5 Å². The normalized spacial score (nSPS) is 11.2. The molecule has 0 saturated carbocycles. The predicted molar refractivity (Wildman–Crippen MR) is 290 cm³/mol. The number of para-hydroxylation sites is 2. The Labute approximate surface area is 408 Å². The number of fused-ring (bicyclic) bond motifs is 1. The number of halogens is 2. The fourth-order valence-corrected chi connectivity index (χ4v) is 9.44. The Morgan fingerprint density at radius 3 is 1.16 bits per heavy atom. The lowest BCUT2D eigenvalue weighted by Gasteiger charge is -2.30. The molecule has 0 aliphatic rings. The van der Waals surface area contributed by atoms with E-state index in [0.29, 0.717) is 11.4 Å². The molecule has 11 aromatic carbocycles. The highest BCUT2D eigenvalue weighted by Crippen LogP contribution is 2.48. The SMILES string of the molecule is Fc1cc(-c2ccccc2)cc(-c2ccccc2)c1N(c1ccccc1)c1ccc(C=Cc2ccc(N(c3ccccc3)c3c(F)cc(-c4ccccc4)cc3-c3ccccc3)c3ccccc23)cc1. The molecular formula is C66H46F2N2. The average Bonchev–Trinajstić information content (AvgIpc) is 3.43. The van der Waals surface area contributed by atoms with Gasteiger partial charge in [0.25, 0.3) is 0 Å². The van der Waals surface area contributed by atoms with E-state index in [1.54, 1.807) is 12.1 Å². The third-order valence-electron chi connectivity index (χ3n) is 12.8. The molecule has 334 valence electrons. The van der Waals surface area contributed by atoms with Gasteiger partial charge in [0.15, 0.2) is 0 Å². The molecule has 11 rings (SSSR count). The summed E-state index contributed by atoms with van der Waals surface area (Å²) in [4.78, 5) is 4.06. The monoisotopic (exact) mass is 904 g/mol. The number of nitrogens with zero attached hydrogens (tertiary/aromatic N) is 2. The smallest absolute Gasteiger partial charge is 0.148 e. The maximum atomic E-state index is 17.3. The van der Waals surface area contributed by atoms with Gasteiger partial charge in [0.1, 0.15) is 11.6 Å². The Bertz CT molecular complexity index is 3580. The van der Waals surface area contributed by atoms with Crippen molar-refractivity contribution >= 4 is 57.0 Å².